The van der Waals surface area contributed by atoms with Gasteiger partial charge in [-0.15, -0.1) is 20.4 Å². The van der Waals surface area contributed by atoms with Gasteiger partial charge >= 0.3 is 0 Å². The molecule has 4 heterocycles. The number of carbonyl (C=O) groups excluding carboxylic acids is 2. The van der Waals surface area contributed by atoms with Gasteiger partial charge in [-0.05, 0) is 102 Å². The molecule has 1 amide bonds. The first-order chi connectivity index (χ1) is 33.8. The molecule has 0 saturated carbocycles. The van der Waals surface area contributed by atoms with Crippen LogP contribution < -0.4 is 18.9 Å². The summed E-state index contributed by atoms with van der Waals surface area (Å²) in [6.45, 7) is 0. The molecule has 8 rings (SSSR count). The van der Waals surface area contributed by atoms with E-state index in [9.17, 15) is 9.59 Å². The summed E-state index contributed by atoms with van der Waals surface area (Å²) < 4.78 is 44.8. The predicted molar refractivity (Wildman–Crippen MR) is 262 cm³/mol. The number of furan rings is 2. The van der Waals surface area contributed by atoms with Crippen molar-refractivity contribution in [2.24, 2.45) is 14.1 Å². The first-order valence-electron chi connectivity index (χ1n) is 20.8. The fourth-order valence-corrected chi connectivity index (χ4v) is 7.77. The van der Waals surface area contributed by atoms with E-state index < -0.39 is 12.2 Å². The van der Waals surface area contributed by atoms with Crippen molar-refractivity contribution in [1.29, 1.82) is 0 Å². The quantitative estimate of drug-likeness (QED) is 0.0652. The van der Waals surface area contributed by atoms with E-state index in [0.29, 0.717) is 56.0 Å². The molecular formula is C48H49Br2N9O11. The molecule has 0 saturated heterocycles. The molecule has 0 aliphatic heterocycles. The van der Waals surface area contributed by atoms with E-state index in [0.717, 1.165) is 37.5 Å². The highest BCUT2D eigenvalue weighted by atomic mass is 79.9. The van der Waals surface area contributed by atoms with Crippen LogP contribution in [-0.2, 0) is 33.2 Å². The Morgan fingerprint density at radius 2 is 1.03 bits per heavy atom. The van der Waals surface area contributed by atoms with Gasteiger partial charge in [-0.25, -0.2) is 5.06 Å². The van der Waals surface area contributed by atoms with Gasteiger partial charge in [0.25, 0.3) is 5.91 Å². The van der Waals surface area contributed by atoms with Crippen LogP contribution in [0.5, 0.6) is 23.0 Å². The van der Waals surface area contributed by atoms with Crippen molar-refractivity contribution in [2.45, 2.75) is 12.2 Å². The summed E-state index contributed by atoms with van der Waals surface area (Å²) in [6, 6.07) is 28.9. The number of Topliss-reactive ketones (excluding diaryl/α,β-unsaturated/α-hetero) is 1. The van der Waals surface area contributed by atoms with Crippen LogP contribution in [0.15, 0.2) is 121 Å². The Labute approximate surface area is 419 Å². The third-order valence-corrected chi connectivity index (χ3v) is 11.9. The van der Waals surface area contributed by atoms with Gasteiger partial charge in [-0.3, -0.25) is 14.4 Å². The summed E-state index contributed by atoms with van der Waals surface area (Å²) in [4.78, 5) is 32.9. The number of rotatable bonds is 16. The van der Waals surface area contributed by atoms with Gasteiger partial charge in [-0.2, -0.15) is 9.59 Å². The molecule has 0 radical (unpaired) electrons. The van der Waals surface area contributed by atoms with Gasteiger partial charge in [-0.1, -0.05) is 48.5 Å². The van der Waals surface area contributed by atoms with Crippen LogP contribution >= 0.6 is 31.9 Å². The lowest BCUT2D eigenvalue weighted by molar-refractivity contribution is -0.179. The average molecular weight is 1090 g/mol. The summed E-state index contributed by atoms with van der Waals surface area (Å²) in [7, 11) is 15.7. The SMILES string of the molecule is COC(C(=O)N(C)OC)c1ccc(-c2nnn(C)n2)cc1.COc1cc(-c2ccc(C(=O)C(OC)c3ccc(-c4nnn(C)n4)cc3)o2)cc(OC)c1Br.COc1cc(-c2ccco2)cc(OC)c1Br. The van der Waals surface area contributed by atoms with Crippen molar-refractivity contribution < 1.29 is 51.7 Å². The fraction of sp³-hybridized carbons (Fsp3) is 0.250. The molecular weight excluding hydrogens is 1040 g/mol. The lowest BCUT2D eigenvalue weighted by Crippen LogP contribution is -2.31. The van der Waals surface area contributed by atoms with Gasteiger partial charge in [0.15, 0.2) is 11.9 Å². The summed E-state index contributed by atoms with van der Waals surface area (Å²) in [6.07, 6.45) is 0.0803. The smallest absolute Gasteiger partial charge is 0.279 e. The number of aromatic nitrogens is 8. The van der Waals surface area contributed by atoms with Crippen LogP contribution in [0.3, 0.4) is 0 Å². The number of ether oxygens (including phenoxy) is 6. The minimum Gasteiger partial charge on any atom is -0.495 e. The molecule has 0 spiro atoms. The van der Waals surface area contributed by atoms with E-state index >= 15 is 0 Å². The number of hydrogen-bond donors (Lipinski definition) is 0. The van der Waals surface area contributed by atoms with Crippen LogP contribution in [0.1, 0.15) is 33.9 Å². The second-order valence-electron chi connectivity index (χ2n) is 14.6. The maximum atomic E-state index is 13.2. The number of likely N-dealkylation sites (N-methyl/N-ethyl adjacent to an activating group) is 1. The van der Waals surface area contributed by atoms with Crippen molar-refractivity contribution in [2.75, 3.05) is 56.8 Å². The number of methoxy groups -OCH3 is 6. The number of ketones is 1. The molecule has 0 N–H and O–H groups in total. The zero-order chi connectivity index (χ0) is 50.5. The topological polar surface area (TPSA) is 215 Å². The van der Waals surface area contributed by atoms with Gasteiger partial charge in [0.2, 0.25) is 17.4 Å². The molecule has 366 valence electrons. The number of benzene rings is 4. The predicted octanol–water partition coefficient (Wildman–Crippen LogP) is 8.80. The molecule has 22 heteroatoms. The number of hydroxylamine groups is 2. The van der Waals surface area contributed by atoms with E-state index in [1.165, 1.54) is 38.0 Å². The summed E-state index contributed by atoms with van der Waals surface area (Å²) in [5.41, 5.74) is 4.63. The molecule has 4 aromatic carbocycles. The van der Waals surface area contributed by atoms with Crippen LogP contribution in [-0.4, -0.2) is 114 Å². The fourth-order valence-electron chi connectivity index (χ4n) is 6.66. The van der Waals surface area contributed by atoms with Crippen LogP contribution in [0, 0.1) is 0 Å². The molecule has 0 bridgehead atoms. The number of halogens is 2. The number of amides is 1. The minimum atomic E-state index is -0.832. The van der Waals surface area contributed by atoms with E-state index in [4.69, 9.17) is 42.1 Å². The van der Waals surface area contributed by atoms with Crippen molar-refractivity contribution in [1.82, 2.24) is 45.5 Å². The van der Waals surface area contributed by atoms with Crippen molar-refractivity contribution in [3.8, 4) is 68.4 Å². The lowest BCUT2D eigenvalue weighted by atomic mass is 10.0. The van der Waals surface area contributed by atoms with Gasteiger partial charge < -0.3 is 37.3 Å². The monoisotopic (exact) mass is 1090 g/mol. The molecule has 2 unspecified atom stereocenters. The lowest BCUT2D eigenvalue weighted by Gasteiger charge is -2.20. The second kappa shape index (κ2) is 24.4. The van der Waals surface area contributed by atoms with Gasteiger partial charge in [0, 0.05) is 43.5 Å². The van der Waals surface area contributed by atoms with E-state index in [2.05, 4.69) is 62.7 Å². The maximum absolute atomic E-state index is 13.2. The molecule has 0 fully saturated rings. The van der Waals surface area contributed by atoms with Gasteiger partial charge in [0.1, 0.15) is 49.6 Å². The molecule has 0 aliphatic rings. The zero-order valence-corrected chi connectivity index (χ0v) is 42.9. The highest BCUT2D eigenvalue weighted by Gasteiger charge is 2.27. The number of hydrogen-bond acceptors (Lipinski definition) is 17. The van der Waals surface area contributed by atoms with E-state index in [1.54, 1.807) is 97.3 Å². The Bertz CT molecular complexity index is 2930. The molecule has 8 aromatic rings. The highest BCUT2D eigenvalue weighted by molar-refractivity contribution is 9.11. The molecule has 70 heavy (non-hydrogen) atoms. The average Bonchev–Trinajstić information content (AvgIpc) is 4.25. The van der Waals surface area contributed by atoms with Crippen LogP contribution in [0.2, 0.25) is 0 Å². The van der Waals surface area contributed by atoms with Gasteiger partial charge in [0.05, 0.1) is 55.9 Å². The highest BCUT2D eigenvalue weighted by Crippen LogP contribution is 2.41. The Morgan fingerprint density at radius 1 is 0.586 bits per heavy atom. The summed E-state index contributed by atoms with van der Waals surface area (Å²) >= 11 is 6.87. The minimum absolute atomic E-state index is 0.178. The zero-order valence-electron chi connectivity index (χ0n) is 39.7. The number of tetrazole rings is 2. The molecule has 20 nitrogen and oxygen atoms in total. The summed E-state index contributed by atoms with van der Waals surface area (Å²) in [5, 5.41) is 25.0. The van der Waals surface area contributed by atoms with Crippen molar-refractivity contribution in [3.05, 3.63) is 129 Å². The Kier molecular flexibility index (Phi) is 18.1. The largest absolute Gasteiger partial charge is 0.495 e. The first-order valence-corrected chi connectivity index (χ1v) is 22.4. The first kappa shape index (κ1) is 52.1. The van der Waals surface area contributed by atoms with Crippen molar-refractivity contribution in [3.63, 3.8) is 0 Å². The molecule has 0 aliphatic carbocycles. The van der Waals surface area contributed by atoms with Crippen LogP contribution in [0.4, 0.5) is 0 Å². The third-order valence-electron chi connectivity index (χ3n) is 10.3. The second-order valence-corrected chi connectivity index (χ2v) is 16.2. The molecule has 2 atom stereocenters. The number of aryl methyl sites for hydroxylation is 2. The Balaban J connectivity index is 0.000000186. The number of nitrogens with zero attached hydrogens (tertiary/aromatic N) is 9. The normalized spacial score (nSPS) is 11.6. The number of carbonyl (C=O) groups is 2. The van der Waals surface area contributed by atoms with E-state index in [-0.39, 0.29) is 17.5 Å². The standard InChI is InChI=1S/C23H21BrN4O5.C13H17N5O3.C12H11BrO3/c1-28-26-23(25-27-28)14-7-5-13(6-8-14)22(32-4)21(29)17-10-9-16(33-17)15-11-18(30-2)20(24)19(12-15)31-3;1-17(21-4)13(19)11(20-3)9-5-7-10(8-6-9)12-14-16-18(2)15-12;1-14-10-6-8(9-4-3-5-16-9)7-11(15-2)12(10)13/h5-12,22H,1-4H3;5-8,11H,1-4H3;3-7H,1-2H3. The molecule has 4 aromatic heterocycles. The van der Waals surface area contributed by atoms with E-state index in [1.807, 2.05) is 48.5 Å². The third kappa shape index (κ3) is 12.3. The Morgan fingerprint density at radius 3 is 1.40 bits per heavy atom. The summed E-state index contributed by atoms with van der Waals surface area (Å²) in [5.74, 6) is 4.50. The Hall–Kier alpha value is -7.24. The van der Waals surface area contributed by atoms with Crippen molar-refractivity contribution >= 4 is 43.6 Å². The van der Waals surface area contributed by atoms with Crippen LogP contribution in [0.25, 0.3) is 45.4 Å². The maximum Gasteiger partial charge on any atom is 0.279 e.